The first kappa shape index (κ1) is 23.0. The van der Waals surface area contributed by atoms with E-state index in [-0.39, 0.29) is 12.4 Å². The van der Waals surface area contributed by atoms with E-state index < -0.39 is 0 Å². The molecule has 0 aliphatic carbocycles. The van der Waals surface area contributed by atoms with E-state index in [1.165, 1.54) is 0 Å². The average molecular weight is 419 g/mol. The lowest BCUT2D eigenvalue weighted by Gasteiger charge is -2.17. The normalized spacial score (nSPS) is 13.3. The molecule has 3 rings (SSSR count). The number of benzene rings is 2. The zero-order chi connectivity index (χ0) is 19.6. The van der Waals surface area contributed by atoms with Crippen LogP contribution < -0.4 is 14.8 Å². The second-order valence-electron chi connectivity index (χ2n) is 6.97. The molecule has 0 aromatic heterocycles. The van der Waals surface area contributed by atoms with Crippen molar-refractivity contribution >= 4 is 18.3 Å². The maximum absolute atomic E-state index is 11.7. The summed E-state index contributed by atoms with van der Waals surface area (Å²) in [5.74, 6) is 1.87. The van der Waals surface area contributed by atoms with Gasteiger partial charge in [-0.1, -0.05) is 42.5 Å². The summed E-state index contributed by atoms with van der Waals surface area (Å²) in [4.78, 5) is 13.6. The number of hydrogen-bond donors (Lipinski definition) is 1. The van der Waals surface area contributed by atoms with Crippen molar-refractivity contribution in [2.45, 2.75) is 39.3 Å². The van der Waals surface area contributed by atoms with Crippen LogP contribution in [0.25, 0.3) is 0 Å². The predicted octanol–water partition coefficient (Wildman–Crippen LogP) is 4.19. The molecule has 0 radical (unpaired) electrons. The number of halogens is 1. The molecule has 5 nitrogen and oxygen atoms in total. The number of para-hydroxylation sites is 1. The summed E-state index contributed by atoms with van der Waals surface area (Å²) in [7, 11) is 0. The van der Waals surface area contributed by atoms with Gasteiger partial charge in [0.25, 0.3) is 0 Å². The van der Waals surface area contributed by atoms with Crippen LogP contribution in [0.5, 0.6) is 11.5 Å². The van der Waals surface area contributed by atoms with Crippen molar-refractivity contribution in [3.05, 3.63) is 59.7 Å². The van der Waals surface area contributed by atoms with Crippen molar-refractivity contribution in [1.82, 2.24) is 10.2 Å². The van der Waals surface area contributed by atoms with Crippen LogP contribution in [0.15, 0.2) is 48.5 Å². The van der Waals surface area contributed by atoms with E-state index in [1.807, 2.05) is 42.2 Å². The zero-order valence-electron chi connectivity index (χ0n) is 17.1. The quantitative estimate of drug-likeness (QED) is 0.556. The molecular formula is C23H31ClN2O3. The summed E-state index contributed by atoms with van der Waals surface area (Å²) in [6, 6.07) is 16.2. The Morgan fingerprint density at radius 3 is 2.62 bits per heavy atom. The second-order valence-corrected chi connectivity index (χ2v) is 6.97. The van der Waals surface area contributed by atoms with E-state index in [9.17, 15) is 4.79 Å². The fourth-order valence-electron chi connectivity index (χ4n) is 3.42. The third kappa shape index (κ3) is 6.94. The number of carbonyl (C=O) groups is 1. The van der Waals surface area contributed by atoms with Gasteiger partial charge in [0.05, 0.1) is 6.61 Å². The minimum absolute atomic E-state index is 0. The average Bonchev–Trinajstić information content (AvgIpc) is 3.13. The third-order valence-corrected chi connectivity index (χ3v) is 4.85. The van der Waals surface area contributed by atoms with Gasteiger partial charge < -0.3 is 19.7 Å². The van der Waals surface area contributed by atoms with Gasteiger partial charge in [0, 0.05) is 31.6 Å². The van der Waals surface area contributed by atoms with Crippen LogP contribution in [0.4, 0.5) is 0 Å². The van der Waals surface area contributed by atoms with E-state index in [2.05, 4.69) is 23.5 Å². The molecule has 0 saturated carbocycles. The number of carbonyl (C=O) groups excluding carboxylic acids is 1. The van der Waals surface area contributed by atoms with Crippen LogP contribution in [-0.2, 0) is 17.9 Å². The molecule has 2 aromatic rings. The highest BCUT2D eigenvalue weighted by Gasteiger charge is 2.19. The number of nitrogens with one attached hydrogen (secondary N) is 1. The first-order chi connectivity index (χ1) is 13.8. The monoisotopic (exact) mass is 418 g/mol. The Balaban J connectivity index is 0.00000300. The van der Waals surface area contributed by atoms with Crippen LogP contribution in [0, 0.1) is 0 Å². The molecule has 0 atom stereocenters. The number of ether oxygens (including phenoxy) is 2. The lowest BCUT2D eigenvalue weighted by molar-refractivity contribution is -0.127. The van der Waals surface area contributed by atoms with Crippen LogP contribution in [0.1, 0.15) is 37.3 Å². The third-order valence-electron chi connectivity index (χ3n) is 4.85. The predicted molar refractivity (Wildman–Crippen MR) is 118 cm³/mol. The van der Waals surface area contributed by atoms with E-state index in [0.29, 0.717) is 32.1 Å². The lowest BCUT2D eigenvalue weighted by Crippen LogP contribution is -2.28. The highest BCUT2D eigenvalue weighted by Crippen LogP contribution is 2.32. The number of amides is 1. The second kappa shape index (κ2) is 12.3. The van der Waals surface area contributed by atoms with Crippen molar-refractivity contribution in [3.63, 3.8) is 0 Å². The topological polar surface area (TPSA) is 50.8 Å². The molecular weight excluding hydrogens is 388 g/mol. The number of rotatable bonds is 11. The summed E-state index contributed by atoms with van der Waals surface area (Å²) in [6.45, 7) is 6.40. The maximum atomic E-state index is 11.7. The molecule has 1 N–H and O–H groups in total. The summed E-state index contributed by atoms with van der Waals surface area (Å²) >= 11 is 0. The van der Waals surface area contributed by atoms with E-state index in [4.69, 9.17) is 9.47 Å². The Bertz CT molecular complexity index is 755. The van der Waals surface area contributed by atoms with Crippen LogP contribution in [-0.4, -0.2) is 37.0 Å². The molecule has 1 amide bonds. The minimum Gasteiger partial charge on any atom is -0.490 e. The molecule has 1 saturated heterocycles. The van der Waals surface area contributed by atoms with Crippen LogP contribution >= 0.6 is 12.4 Å². The van der Waals surface area contributed by atoms with Crippen molar-refractivity contribution in [3.8, 4) is 11.5 Å². The maximum Gasteiger partial charge on any atom is 0.222 e. The molecule has 1 heterocycles. The lowest BCUT2D eigenvalue weighted by atomic mass is 10.1. The molecule has 0 bridgehead atoms. The molecule has 2 aromatic carbocycles. The van der Waals surface area contributed by atoms with Crippen LogP contribution in [0.3, 0.4) is 0 Å². The Morgan fingerprint density at radius 2 is 1.90 bits per heavy atom. The minimum atomic E-state index is 0. The molecule has 0 unspecified atom stereocenters. The van der Waals surface area contributed by atoms with Crippen molar-refractivity contribution in [2.24, 2.45) is 0 Å². The van der Waals surface area contributed by atoms with Gasteiger partial charge >= 0.3 is 0 Å². The molecule has 0 spiro atoms. The summed E-state index contributed by atoms with van der Waals surface area (Å²) in [5, 5.41) is 3.47. The van der Waals surface area contributed by atoms with Crippen molar-refractivity contribution in [1.29, 1.82) is 0 Å². The largest absolute Gasteiger partial charge is 0.490 e. The van der Waals surface area contributed by atoms with Crippen molar-refractivity contribution < 1.29 is 14.3 Å². The van der Waals surface area contributed by atoms with Gasteiger partial charge in [0.1, 0.15) is 6.61 Å². The zero-order valence-corrected chi connectivity index (χ0v) is 17.9. The number of likely N-dealkylation sites (tertiary alicyclic amines) is 1. The van der Waals surface area contributed by atoms with E-state index >= 15 is 0 Å². The molecule has 29 heavy (non-hydrogen) atoms. The molecule has 1 aliphatic rings. The summed E-state index contributed by atoms with van der Waals surface area (Å²) in [6.07, 6.45) is 2.66. The smallest absolute Gasteiger partial charge is 0.222 e. The first-order valence-electron chi connectivity index (χ1n) is 10.2. The van der Waals surface area contributed by atoms with Crippen molar-refractivity contribution in [2.75, 3.05) is 26.2 Å². The molecule has 6 heteroatoms. The Hall–Kier alpha value is -2.24. The van der Waals surface area contributed by atoms with Gasteiger partial charge in [-0.05, 0) is 37.9 Å². The first-order valence-corrected chi connectivity index (χ1v) is 10.2. The SMILES string of the molecule is CCOc1cccc(CNCCCN2CCCC2=O)c1OCc1ccccc1.Cl. The fraction of sp³-hybridized carbons (Fsp3) is 0.435. The van der Waals surface area contributed by atoms with Crippen LogP contribution in [0.2, 0.25) is 0 Å². The van der Waals surface area contributed by atoms with Gasteiger partial charge in [0.2, 0.25) is 5.91 Å². The van der Waals surface area contributed by atoms with Gasteiger partial charge in [-0.15, -0.1) is 12.4 Å². The Morgan fingerprint density at radius 1 is 1.07 bits per heavy atom. The van der Waals surface area contributed by atoms with Gasteiger partial charge in [-0.3, -0.25) is 4.79 Å². The standard InChI is InChI=1S/C23H30N2O3.ClH/c1-2-27-21-12-6-11-20(23(21)28-18-19-9-4-3-5-10-19)17-24-14-8-16-25-15-7-13-22(25)26;/h3-6,9-12,24H,2,7-8,13-18H2,1H3;1H. The molecule has 1 aliphatic heterocycles. The van der Waals surface area contributed by atoms with E-state index in [1.54, 1.807) is 0 Å². The van der Waals surface area contributed by atoms with Gasteiger partial charge in [-0.25, -0.2) is 0 Å². The molecule has 1 fully saturated rings. The Labute approximate surface area is 179 Å². The summed E-state index contributed by atoms with van der Waals surface area (Å²) < 4.78 is 11.9. The number of hydrogen-bond acceptors (Lipinski definition) is 4. The highest BCUT2D eigenvalue weighted by molar-refractivity contribution is 5.85. The highest BCUT2D eigenvalue weighted by atomic mass is 35.5. The van der Waals surface area contributed by atoms with Gasteiger partial charge in [-0.2, -0.15) is 0 Å². The molecule has 158 valence electrons. The van der Waals surface area contributed by atoms with Gasteiger partial charge in [0.15, 0.2) is 11.5 Å². The van der Waals surface area contributed by atoms with E-state index in [0.717, 1.165) is 55.1 Å². The fourth-order valence-corrected chi connectivity index (χ4v) is 3.42. The summed E-state index contributed by atoms with van der Waals surface area (Å²) in [5.41, 5.74) is 2.21. The number of nitrogens with zero attached hydrogens (tertiary/aromatic N) is 1. The Kier molecular flexibility index (Phi) is 9.81.